The zero-order valence-electron chi connectivity index (χ0n) is 18.6. The molecule has 0 heterocycles. The molecule has 3 rings (SSSR count). The lowest BCUT2D eigenvalue weighted by Gasteiger charge is -2.11. The van der Waals surface area contributed by atoms with E-state index in [4.69, 9.17) is 19.7 Å². The number of carbonyl (C=O) groups excluding carboxylic acids is 2. The van der Waals surface area contributed by atoms with Crippen molar-refractivity contribution in [1.82, 2.24) is 0 Å². The van der Waals surface area contributed by atoms with Crippen LogP contribution in [0.5, 0.6) is 23.0 Å². The molecule has 10 nitrogen and oxygen atoms in total. The summed E-state index contributed by atoms with van der Waals surface area (Å²) in [7, 11) is 0. The lowest BCUT2D eigenvalue weighted by atomic mass is 10.2. The van der Waals surface area contributed by atoms with Gasteiger partial charge in [-0.3, -0.25) is 9.59 Å². The summed E-state index contributed by atoms with van der Waals surface area (Å²) < 4.78 is 11.7. The molecule has 2 amide bonds. The molecule has 182 valence electrons. The van der Waals surface area contributed by atoms with E-state index in [-0.39, 0.29) is 0 Å². The van der Waals surface area contributed by atoms with Crippen LogP contribution in [0.4, 0.5) is 11.4 Å². The first kappa shape index (κ1) is 25.2. The molecule has 0 spiro atoms. The highest BCUT2D eigenvalue weighted by Gasteiger charge is 2.06. The number of carboxylic acid groups (broad SMARTS) is 2. The smallest absolute Gasteiger partial charge is 0.328 e. The van der Waals surface area contributed by atoms with Crippen molar-refractivity contribution in [3.8, 4) is 23.0 Å². The number of ether oxygens (including phenoxy) is 2. The van der Waals surface area contributed by atoms with Crippen molar-refractivity contribution in [3.05, 3.63) is 97.1 Å². The lowest BCUT2D eigenvalue weighted by Crippen LogP contribution is -2.08. The summed E-state index contributed by atoms with van der Waals surface area (Å²) in [5.74, 6) is -1.91. The van der Waals surface area contributed by atoms with E-state index in [1.165, 1.54) is 0 Å². The predicted molar refractivity (Wildman–Crippen MR) is 130 cm³/mol. The van der Waals surface area contributed by atoms with Crippen molar-refractivity contribution >= 4 is 35.1 Å². The molecule has 3 aromatic carbocycles. The van der Waals surface area contributed by atoms with Crippen molar-refractivity contribution in [2.75, 3.05) is 10.6 Å². The van der Waals surface area contributed by atoms with E-state index in [0.717, 1.165) is 24.3 Å². The van der Waals surface area contributed by atoms with E-state index in [1.54, 1.807) is 72.8 Å². The Morgan fingerprint density at radius 2 is 0.917 bits per heavy atom. The van der Waals surface area contributed by atoms with Gasteiger partial charge in [-0.1, -0.05) is 18.2 Å². The minimum absolute atomic E-state index is 0.414. The minimum Gasteiger partial charge on any atom is -0.478 e. The van der Waals surface area contributed by atoms with Gasteiger partial charge >= 0.3 is 11.9 Å². The van der Waals surface area contributed by atoms with Gasteiger partial charge in [0, 0.05) is 53.9 Å². The topological polar surface area (TPSA) is 151 Å². The molecule has 0 aliphatic rings. The van der Waals surface area contributed by atoms with E-state index < -0.39 is 23.8 Å². The Balaban J connectivity index is 1.65. The van der Waals surface area contributed by atoms with Gasteiger partial charge in [0.2, 0.25) is 11.8 Å². The monoisotopic (exact) mass is 488 g/mol. The number of benzene rings is 3. The fourth-order valence-electron chi connectivity index (χ4n) is 2.81. The average Bonchev–Trinajstić information content (AvgIpc) is 2.82. The van der Waals surface area contributed by atoms with Crippen LogP contribution in [0.2, 0.25) is 0 Å². The normalized spacial score (nSPS) is 10.7. The molecular weight excluding hydrogens is 468 g/mol. The molecular formula is C26H20N2O8. The van der Waals surface area contributed by atoms with Gasteiger partial charge in [-0.15, -0.1) is 0 Å². The van der Waals surface area contributed by atoms with Crippen molar-refractivity contribution in [2.45, 2.75) is 0 Å². The quantitative estimate of drug-likeness (QED) is 0.306. The first-order valence-corrected chi connectivity index (χ1v) is 10.4. The van der Waals surface area contributed by atoms with Gasteiger partial charge in [0.1, 0.15) is 23.0 Å². The van der Waals surface area contributed by atoms with Crippen LogP contribution in [0.25, 0.3) is 0 Å². The van der Waals surface area contributed by atoms with Gasteiger partial charge in [0.05, 0.1) is 0 Å². The summed E-state index contributed by atoms with van der Waals surface area (Å²) >= 11 is 0. The number of nitrogens with one attached hydrogen (secondary N) is 2. The number of carbonyl (C=O) groups is 4. The standard InChI is InChI=1S/C26H20N2O8/c29-23(10-12-25(31)32)27-17-4-1-6-19(14-17)35-21-8-3-9-22(16-21)36-20-7-2-5-18(15-20)28-24(30)11-13-26(33)34/h1-16H,(H,27,29)(H,28,30)(H,31,32)(H,33,34). The van der Waals surface area contributed by atoms with E-state index in [9.17, 15) is 19.2 Å². The summed E-state index contributed by atoms with van der Waals surface area (Å²) in [5.41, 5.74) is 0.828. The maximum atomic E-state index is 11.8. The van der Waals surface area contributed by atoms with Crippen molar-refractivity contribution in [1.29, 1.82) is 0 Å². The highest BCUT2D eigenvalue weighted by molar-refractivity contribution is 6.03. The first-order chi connectivity index (χ1) is 17.3. The van der Waals surface area contributed by atoms with Gasteiger partial charge in [0.15, 0.2) is 0 Å². The molecule has 0 bridgehead atoms. The molecule has 4 N–H and O–H groups in total. The number of carboxylic acids is 2. The second kappa shape index (κ2) is 12.2. The molecule has 0 saturated carbocycles. The van der Waals surface area contributed by atoms with Crippen LogP contribution in [0, 0.1) is 0 Å². The Hall–Kier alpha value is -5.38. The molecule has 0 unspecified atom stereocenters. The minimum atomic E-state index is -1.23. The summed E-state index contributed by atoms with van der Waals surface area (Å²) in [5, 5.41) is 22.3. The van der Waals surface area contributed by atoms with Crippen LogP contribution in [0.3, 0.4) is 0 Å². The third kappa shape index (κ3) is 8.52. The van der Waals surface area contributed by atoms with Crippen molar-refractivity contribution in [2.24, 2.45) is 0 Å². The molecule has 0 atom stereocenters. The van der Waals surface area contributed by atoms with Crippen molar-refractivity contribution in [3.63, 3.8) is 0 Å². The Morgan fingerprint density at radius 3 is 1.31 bits per heavy atom. The average molecular weight is 488 g/mol. The number of rotatable bonds is 10. The number of amides is 2. The highest BCUT2D eigenvalue weighted by atomic mass is 16.5. The van der Waals surface area contributed by atoms with Crippen LogP contribution < -0.4 is 20.1 Å². The Kier molecular flexibility index (Phi) is 8.55. The predicted octanol–water partition coefficient (Wildman–Crippen LogP) is 4.43. The molecule has 36 heavy (non-hydrogen) atoms. The van der Waals surface area contributed by atoms with Crippen LogP contribution in [0.15, 0.2) is 97.1 Å². The van der Waals surface area contributed by atoms with Gasteiger partial charge in [-0.25, -0.2) is 9.59 Å². The van der Waals surface area contributed by atoms with E-state index in [1.807, 2.05) is 0 Å². The molecule has 0 fully saturated rings. The molecule has 0 radical (unpaired) electrons. The summed E-state index contributed by atoms with van der Waals surface area (Å²) in [6, 6.07) is 19.9. The molecule has 0 saturated heterocycles. The van der Waals surface area contributed by atoms with Crippen molar-refractivity contribution < 1.29 is 38.9 Å². The number of aliphatic carboxylic acids is 2. The molecule has 0 aliphatic carbocycles. The largest absolute Gasteiger partial charge is 0.478 e. The Labute approximate surface area is 205 Å². The molecule has 0 aliphatic heterocycles. The summed E-state index contributed by atoms with van der Waals surface area (Å²) in [6.07, 6.45) is 3.29. The SMILES string of the molecule is O=C(O)C=CC(=O)Nc1cccc(Oc2cccc(Oc3cccc(NC(=O)C=CC(=O)O)c3)c2)c1. The van der Waals surface area contributed by atoms with Gasteiger partial charge in [-0.2, -0.15) is 0 Å². The Morgan fingerprint density at radius 1 is 0.556 bits per heavy atom. The van der Waals surface area contributed by atoms with E-state index in [2.05, 4.69) is 10.6 Å². The lowest BCUT2D eigenvalue weighted by molar-refractivity contribution is -0.132. The fraction of sp³-hybridized carbons (Fsp3) is 0. The zero-order valence-corrected chi connectivity index (χ0v) is 18.6. The fourth-order valence-corrected chi connectivity index (χ4v) is 2.81. The van der Waals surface area contributed by atoms with Gasteiger partial charge in [-0.05, 0) is 36.4 Å². The highest BCUT2D eigenvalue weighted by Crippen LogP contribution is 2.30. The first-order valence-electron chi connectivity index (χ1n) is 10.4. The maximum Gasteiger partial charge on any atom is 0.328 e. The zero-order chi connectivity index (χ0) is 25.9. The van der Waals surface area contributed by atoms with Crippen LogP contribution in [0.1, 0.15) is 0 Å². The molecule has 10 heteroatoms. The third-order valence-electron chi connectivity index (χ3n) is 4.23. The van der Waals surface area contributed by atoms with Crippen LogP contribution in [-0.2, 0) is 19.2 Å². The number of hydrogen-bond donors (Lipinski definition) is 4. The summed E-state index contributed by atoms with van der Waals surface area (Å²) in [4.78, 5) is 44.6. The molecule has 0 aromatic heterocycles. The number of anilines is 2. The second-order valence-electron chi connectivity index (χ2n) is 7.06. The Bertz CT molecular complexity index is 1250. The van der Waals surface area contributed by atoms with E-state index >= 15 is 0 Å². The van der Waals surface area contributed by atoms with Crippen LogP contribution >= 0.6 is 0 Å². The number of hydrogen-bond acceptors (Lipinski definition) is 6. The van der Waals surface area contributed by atoms with Crippen LogP contribution in [-0.4, -0.2) is 34.0 Å². The van der Waals surface area contributed by atoms with E-state index in [0.29, 0.717) is 34.4 Å². The maximum absolute atomic E-state index is 11.8. The second-order valence-corrected chi connectivity index (χ2v) is 7.06. The summed E-state index contributed by atoms with van der Waals surface area (Å²) in [6.45, 7) is 0. The third-order valence-corrected chi connectivity index (χ3v) is 4.23. The molecule has 3 aromatic rings. The van der Waals surface area contributed by atoms with Gasteiger partial charge < -0.3 is 30.3 Å². The van der Waals surface area contributed by atoms with Gasteiger partial charge in [0.25, 0.3) is 0 Å².